The maximum atomic E-state index is 11.7. The predicted octanol–water partition coefficient (Wildman–Crippen LogP) is 1.17. The number of unbranched alkanes of at least 4 members (excludes halogenated alkanes) is 1. The number of nitrogens with zero attached hydrogens (tertiary/aromatic N) is 6. The van der Waals surface area contributed by atoms with Gasteiger partial charge in [0.05, 0.1) is 12.1 Å². The van der Waals surface area contributed by atoms with E-state index in [1.165, 1.54) is 4.80 Å². The van der Waals surface area contributed by atoms with E-state index in [1.54, 1.807) is 0 Å². The molecule has 3 rings (SSSR count). The van der Waals surface area contributed by atoms with Crippen LogP contribution in [0.15, 0.2) is 34.9 Å². The second-order valence-corrected chi connectivity index (χ2v) is 5.13. The smallest absolute Gasteiger partial charge is 0.299 e. The molecule has 9 heteroatoms. The van der Waals surface area contributed by atoms with E-state index in [4.69, 9.17) is 4.52 Å². The van der Waals surface area contributed by atoms with Gasteiger partial charge in [0, 0.05) is 6.54 Å². The summed E-state index contributed by atoms with van der Waals surface area (Å²) in [6.45, 7) is 2.71. The number of hydrogen-bond donors (Lipinski definition) is 1. The summed E-state index contributed by atoms with van der Waals surface area (Å²) in [5.41, 5.74) is 0.770. The molecular formula is C15H17N7O2. The molecule has 1 aromatic carbocycles. The first-order chi connectivity index (χ1) is 11.8. The van der Waals surface area contributed by atoms with Gasteiger partial charge < -0.3 is 9.84 Å². The second kappa shape index (κ2) is 7.44. The van der Waals surface area contributed by atoms with Gasteiger partial charge in [-0.25, -0.2) is 0 Å². The van der Waals surface area contributed by atoms with Crippen molar-refractivity contribution in [3.05, 3.63) is 36.2 Å². The van der Waals surface area contributed by atoms with Crippen molar-refractivity contribution in [2.45, 2.75) is 26.2 Å². The minimum Gasteiger partial charge on any atom is -0.356 e. The number of nitrogens with one attached hydrogen (secondary N) is 1. The van der Waals surface area contributed by atoms with E-state index in [-0.39, 0.29) is 29.9 Å². The normalized spacial score (nSPS) is 10.7. The van der Waals surface area contributed by atoms with Crippen molar-refractivity contribution in [1.29, 1.82) is 0 Å². The van der Waals surface area contributed by atoms with Crippen molar-refractivity contribution in [1.82, 2.24) is 35.7 Å². The molecule has 124 valence electrons. The zero-order chi connectivity index (χ0) is 16.8. The summed E-state index contributed by atoms with van der Waals surface area (Å²) in [4.78, 5) is 17.3. The molecule has 0 saturated heterocycles. The van der Waals surface area contributed by atoms with Crippen LogP contribution in [-0.2, 0) is 11.2 Å². The van der Waals surface area contributed by atoms with Crippen molar-refractivity contribution < 1.29 is 9.32 Å². The van der Waals surface area contributed by atoms with Crippen LogP contribution in [0.25, 0.3) is 17.4 Å². The molecule has 1 N–H and O–H groups in total. The maximum Gasteiger partial charge on any atom is 0.299 e. The number of rotatable bonds is 7. The van der Waals surface area contributed by atoms with Crippen LogP contribution in [0.4, 0.5) is 0 Å². The Morgan fingerprint density at radius 2 is 2.12 bits per heavy atom. The van der Waals surface area contributed by atoms with E-state index in [9.17, 15) is 4.79 Å². The van der Waals surface area contributed by atoms with Crippen LogP contribution in [0.3, 0.4) is 0 Å². The third-order valence-corrected chi connectivity index (χ3v) is 3.23. The Kier molecular flexibility index (Phi) is 4.90. The van der Waals surface area contributed by atoms with Crippen LogP contribution >= 0.6 is 0 Å². The SMILES string of the molecule is CCCCNC(=O)Cc1noc(-c2nnn(-c3ccccc3)n2)n1. The first kappa shape index (κ1) is 15.8. The van der Waals surface area contributed by atoms with Gasteiger partial charge in [-0.15, -0.1) is 15.0 Å². The quantitative estimate of drug-likeness (QED) is 0.648. The fourth-order valence-corrected chi connectivity index (χ4v) is 2.00. The average Bonchev–Trinajstić information content (AvgIpc) is 3.25. The molecule has 0 unspecified atom stereocenters. The van der Waals surface area contributed by atoms with E-state index in [0.29, 0.717) is 6.54 Å². The lowest BCUT2D eigenvalue weighted by Gasteiger charge is -2.00. The van der Waals surface area contributed by atoms with Gasteiger partial charge >= 0.3 is 0 Å². The minimum absolute atomic E-state index is 0.0556. The molecule has 0 spiro atoms. The topological polar surface area (TPSA) is 112 Å². The summed E-state index contributed by atoms with van der Waals surface area (Å²) in [5, 5.41) is 18.6. The lowest BCUT2D eigenvalue weighted by molar-refractivity contribution is -0.120. The lowest BCUT2D eigenvalue weighted by Crippen LogP contribution is -2.26. The molecule has 1 amide bonds. The van der Waals surface area contributed by atoms with E-state index in [2.05, 4.69) is 37.8 Å². The molecule has 24 heavy (non-hydrogen) atoms. The van der Waals surface area contributed by atoms with Gasteiger partial charge in [0.2, 0.25) is 5.91 Å². The van der Waals surface area contributed by atoms with Crippen molar-refractivity contribution in [3.8, 4) is 17.4 Å². The largest absolute Gasteiger partial charge is 0.356 e. The number of hydrogen-bond acceptors (Lipinski definition) is 7. The highest BCUT2D eigenvalue weighted by molar-refractivity contribution is 5.77. The predicted molar refractivity (Wildman–Crippen MR) is 84.1 cm³/mol. The summed E-state index contributed by atoms with van der Waals surface area (Å²) in [5.74, 6) is 0.490. The number of aromatic nitrogens is 6. The van der Waals surface area contributed by atoms with Crippen molar-refractivity contribution in [3.63, 3.8) is 0 Å². The Balaban J connectivity index is 1.66. The summed E-state index contributed by atoms with van der Waals surface area (Å²) < 4.78 is 5.11. The van der Waals surface area contributed by atoms with Crippen LogP contribution in [-0.4, -0.2) is 42.8 Å². The molecule has 2 aromatic heterocycles. The number of amides is 1. The van der Waals surface area contributed by atoms with E-state index >= 15 is 0 Å². The Hall–Kier alpha value is -3.10. The standard InChI is InChI=1S/C15H17N7O2/c1-2-3-9-16-13(23)10-12-17-15(24-20-12)14-18-21-22(19-14)11-7-5-4-6-8-11/h4-8H,2-3,9-10H2,1H3,(H,16,23). The Bertz CT molecular complexity index is 797. The number of tetrazole rings is 1. The zero-order valence-corrected chi connectivity index (χ0v) is 13.2. The highest BCUT2D eigenvalue weighted by Gasteiger charge is 2.16. The molecule has 0 aliphatic carbocycles. The van der Waals surface area contributed by atoms with Gasteiger partial charge in [-0.3, -0.25) is 4.79 Å². The monoisotopic (exact) mass is 327 g/mol. The van der Waals surface area contributed by atoms with Crippen LogP contribution in [0, 0.1) is 0 Å². The molecule has 0 aliphatic heterocycles. The molecule has 3 aromatic rings. The van der Waals surface area contributed by atoms with Crippen LogP contribution in [0.5, 0.6) is 0 Å². The van der Waals surface area contributed by atoms with Gasteiger partial charge in [0.15, 0.2) is 5.82 Å². The van der Waals surface area contributed by atoms with Crippen molar-refractivity contribution in [2.24, 2.45) is 0 Å². The molecule has 0 atom stereocenters. The highest BCUT2D eigenvalue weighted by atomic mass is 16.5. The first-order valence-electron chi connectivity index (χ1n) is 7.71. The zero-order valence-electron chi connectivity index (χ0n) is 13.2. The summed E-state index contributed by atoms with van der Waals surface area (Å²) in [6.07, 6.45) is 2.02. The van der Waals surface area contributed by atoms with Crippen molar-refractivity contribution in [2.75, 3.05) is 6.54 Å². The molecule has 2 heterocycles. The molecule has 0 radical (unpaired) electrons. The van der Waals surface area contributed by atoms with Gasteiger partial charge in [0.1, 0.15) is 0 Å². The fourth-order valence-electron chi connectivity index (χ4n) is 2.00. The summed E-state index contributed by atoms with van der Waals surface area (Å²) in [6, 6.07) is 9.36. The van der Waals surface area contributed by atoms with Crippen LogP contribution < -0.4 is 5.32 Å². The summed E-state index contributed by atoms with van der Waals surface area (Å²) >= 11 is 0. The van der Waals surface area contributed by atoms with Gasteiger partial charge in [0.25, 0.3) is 11.7 Å². The molecule has 0 aliphatic rings. The maximum absolute atomic E-state index is 11.7. The Labute approximate surface area is 138 Å². The first-order valence-corrected chi connectivity index (χ1v) is 7.71. The molecule has 9 nitrogen and oxygen atoms in total. The van der Waals surface area contributed by atoms with E-state index in [1.807, 2.05) is 30.3 Å². The van der Waals surface area contributed by atoms with Gasteiger partial charge in [-0.1, -0.05) is 36.7 Å². The average molecular weight is 327 g/mol. The number of carbonyl (C=O) groups excluding carboxylic acids is 1. The molecular weight excluding hydrogens is 310 g/mol. The van der Waals surface area contributed by atoms with Crippen molar-refractivity contribution >= 4 is 5.91 Å². The second-order valence-electron chi connectivity index (χ2n) is 5.13. The number of para-hydroxylation sites is 1. The van der Waals surface area contributed by atoms with Gasteiger partial charge in [-0.2, -0.15) is 4.98 Å². The number of carbonyl (C=O) groups is 1. The fraction of sp³-hybridized carbons (Fsp3) is 0.333. The van der Waals surface area contributed by atoms with E-state index in [0.717, 1.165) is 18.5 Å². The third kappa shape index (κ3) is 3.80. The Morgan fingerprint density at radius 1 is 1.29 bits per heavy atom. The summed E-state index contributed by atoms with van der Waals surface area (Å²) in [7, 11) is 0. The van der Waals surface area contributed by atoms with Crippen LogP contribution in [0.1, 0.15) is 25.6 Å². The molecule has 0 fully saturated rings. The minimum atomic E-state index is -0.142. The molecule has 0 saturated carbocycles. The Morgan fingerprint density at radius 3 is 2.92 bits per heavy atom. The molecule has 0 bridgehead atoms. The number of benzene rings is 1. The van der Waals surface area contributed by atoms with Gasteiger partial charge in [-0.05, 0) is 23.8 Å². The lowest BCUT2D eigenvalue weighted by atomic mass is 10.3. The third-order valence-electron chi connectivity index (χ3n) is 3.23. The van der Waals surface area contributed by atoms with E-state index < -0.39 is 0 Å². The van der Waals surface area contributed by atoms with Crippen LogP contribution in [0.2, 0.25) is 0 Å². The highest BCUT2D eigenvalue weighted by Crippen LogP contribution is 2.12.